The van der Waals surface area contributed by atoms with Crippen molar-refractivity contribution in [3.05, 3.63) is 35.5 Å². The lowest BCUT2D eigenvalue weighted by Gasteiger charge is -2.78. The van der Waals surface area contributed by atoms with Gasteiger partial charge in [-0.15, -0.1) is 0 Å². The van der Waals surface area contributed by atoms with Crippen molar-refractivity contribution in [3.8, 4) is 0 Å². The van der Waals surface area contributed by atoms with Crippen LogP contribution in [0.4, 0.5) is 0 Å². The molecule has 7 fully saturated rings. The summed E-state index contributed by atoms with van der Waals surface area (Å²) in [5, 5.41) is 26.2. The molecule has 338 valence electrons. The minimum absolute atomic E-state index is 0.126. The summed E-state index contributed by atoms with van der Waals surface area (Å²) < 4.78 is 69.4. The molecule has 20 nitrogen and oxygen atoms in total. The standard InChI is InChI=1S/C42H50O20/c1-11-24(48)27-28-36(8,29(55-19(3)44)23-12-13-53-15-23)30(56-20(4)45)31(57-21(5)46)42-38(17-54-18(2)43)25(14-26(49)52-10)35(7)16-39(38)40(51,33(35)58-22(6)47)34(59-32(27)50)41(28,42)61-37(9,60-39)62-42/h12-13,15,25,28-31,33-34,48,51H,11,14,16-17H2,1-10H3. The largest absolute Gasteiger partial charge is 0.512 e. The summed E-state index contributed by atoms with van der Waals surface area (Å²) in [5.41, 5.74) is -16.6. The molecule has 7 aliphatic rings. The number of methoxy groups -OCH3 is 1. The van der Waals surface area contributed by atoms with Crippen LogP contribution in [-0.4, -0.2) is 119 Å². The van der Waals surface area contributed by atoms with E-state index in [0.717, 1.165) is 41.7 Å². The van der Waals surface area contributed by atoms with Crippen LogP contribution in [0.25, 0.3) is 0 Å². The summed E-state index contributed by atoms with van der Waals surface area (Å²) in [4.78, 5) is 96.2. The van der Waals surface area contributed by atoms with Crippen molar-refractivity contribution in [2.45, 2.75) is 140 Å². The number of carbonyl (C=O) groups excluding carboxylic acids is 7. The van der Waals surface area contributed by atoms with E-state index in [4.69, 9.17) is 51.8 Å². The van der Waals surface area contributed by atoms with Gasteiger partial charge in [0.25, 0.3) is 5.97 Å². The number of aliphatic hydroxyl groups is 2. The zero-order valence-corrected chi connectivity index (χ0v) is 35.8. The number of hydrogen-bond acceptors (Lipinski definition) is 20. The van der Waals surface area contributed by atoms with E-state index in [2.05, 4.69) is 0 Å². The van der Waals surface area contributed by atoms with Crippen LogP contribution in [0.5, 0.6) is 0 Å². The molecule has 20 heteroatoms. The van der Waals surface area contributed by atoms with Gasteiger partial charge in [-0.1, -0.05) is 20.8 Å². The third kappa shape index (κ3) is 4.83. The van der Waals surface area contributed by atoms with Crippen molar-refractivity contribution in [1.29, 1.82) is 0 Å². The van der Waals surface area contributed by atoms with Crippen LogP contribution < -0.4 is 0 Å². The molecular weight excluding hydrogens is 824 g/mol. The zero-order chi connectivity index (χ0) is 45.5. The van der Waals surface area contributed by atoms with Crippen LogP contribution in [0, 0.1) is 28.1 Å². The van der Waals surface area contributed by atoms with Crippen LogP contribution in [0.1, 0.15) is 93.2 Å². The number of ether oxygens (including phenoxy) is 10. The minimum atomic E-state index is -2.74. The van der Waals surface area contributed by atoms with E-state index in [0.29, 0.717) is 0 Å². The third-order valence-corrected chi connectivity index (χ3v) is 14.9. The Balaban J connectivity index is 1.64. The number of fused-ring (bicyclic) bond motifs is 3. The Kier molecular flexibility index (Phi) is 9.48. The van der Waals surface area contributed by atoms with Gasteiger partial charge in [-0.05, 0) is 18.4 Å². The van der Waals surface area contributed by atoms with Gasteiger partial charge >= 0.3 is 41.8 Å². The Hall–Kier alpha value is -5.05. The Morgan fingerprint density at radius 2 is 1.53 bits per heavy atom. The topological polar surface area (TPSA) is 265 Å². The number of rotatable bonds is 11. The molecule has 3 saturated heterocycles. The van der Waals surface area contributed by atoms with Crippen LogP contribution in [0.2, 0.25) is 0 Å². The molecule has 0 radical (unpaired) electrons. The van der Waals surface area contributed by atoms with Crippen LogP contribution in [0.3, 0.4) is 0 Å². The molecule has 3 aliphatic heterocycles. The highest BCUT2D eigenvalue weighted by Crippen LogP contribution is 2.90. The van der Waals surface area contributed by atoms with Crippen LogP contribution >= 0.6 is 0 Å². The molecule has 8 rings (SSSR count). The second-order valence-corrected chi connectivity index (χ2v) is 18.0. The summed E-state index contributed by atoms with van der Waals surface area (Å²) in [6.45, 7) is 10.5. The summed E-state index contributed by atoms with van der Waals surface area (Å²) >= 11 is 0. The molecule has 15 atom stereocenters. The molecule has 1 aromatic rings. The van der Waals surface area contributed by atoms with E-state index in [1.807, 2.05) is 0 Å². The Morgan fingerprint density at radius 3 is 2.08 bits per heavy atom. The number of allylic oxidation sites excluding steroid dienone is 1. The van der Waals surface area contributed by atoms with Crippen molar-refractivity contribution in [2.24, 2.45) is 28.1 Å². The predicted molar refractivity (Wildman–Crippen MR) is 198 cm³/mol. The maximum absolute atomic E-state index is 15.1. The van der Waals surface area contributed by atoms with Gasteiger partial charge in [0, 0.05) is 71.3 Å². The lowest BCUT2D eigenvalue weighted by atomic mass is 9.31. The maximum atomic E-state index is 15.1. The fraction of sp³-hybridized carbons (Fsp3) is 0.690. The number of furan rings is 1. The van der Waals surface area contributed by atoms with Gasteiger partial charge in [-0.3, -0.25) is 28.8 Å². The first-order valence-corrected chi connectivity index (χ1v) is 20.3. The molecule has 0 amide bonds. The van der Waals surface area contributed by atoms with E-state index < -0.39 is 153 Å². The third-order valence-electron chi connectivity index (χ3n) is 14.9. The van der Waals surface area contributed by atoms with Gasteiger partial charge in [0.15, 0.2) is 35.1 Å². The second kappa shape index (κ2) is 13.5. The fourth-order valence-corrected chi connectivity index (χ4v) is 13.7. The first-order valence-electron chi connectivity index (χ1n) is 20.3. The Labute approximate surface area is 354 Å². The normalized spacial score (nSPS) is 44.9. The maximum Gasteiger partial charge on any atom is 0.338 e. The van der Waals surface area contributed by atoms with Gasteiger partial charge in [0.2, 0.25) is 0 Å². The van der Waals surface area contributed by atoms with Crippen molar-refractivity contribution < 1.29 is 95.6 Å². The van der Waals surface area contributed by atoms with E-state index in [-0.39, 0.29) is 18.4 Å². The average Bonchev–Trinajstić information content (AvgIpc) is 3.87. The quantitative estimate of drug-likeness (QED) is 0.140. The summed E-state index contributed by atoms with van der Waals surface area (Å²) in [6, 6.07) is 1.43. The highest BCUT2D eigenvalue weighted by molar-refractivity contribution is 5.92. The molecule has 3 spiro atoms. The molecule has 4 saturated carbocycles. The zero-order valence-electron chi connectivity index (χ0n) is 35.8. The summed E-state index contributed by atoms with van der Waals surface area (Å²) in [6.07, 6.45) is -8.01. The Morgan fingerprint density at radius 1 is 0.887 bits per heavy atom. The molecule has 4 heterocycles. The van der Waals surface area contributed by atoms with E-state index in [9.17, 15) is 39.0 Å². The molecule has 2 N–H and O–H groups in total. The lowest BCUT2D eigenvalue weighted by molar-refractivity contribution is -0.497. The van der Waals surface area contributed by atoms with Crippen molar-refractivity contribution in [1.82, 2.24) is 0 Å². The SMILES string of the molecule is CCC(O)=C1C(=O)OC2C3(O)C(OC(C)=O)C4(C)CC35OC3(C)OC26C1C(C)(C(OC(C)=O)c1ccoc1)C(OC(C)=O)C(OC(C)=O)C6(O3)C5(COC(C)=O)C4CC(=O)OC. The highest BCUT2D eigenvalue weighted by Gasteiger charge is 3.08. The van der Waals surface area contributed by atoms with Gasteiger partial charge in [-0.25, -0.2) is 4.79 Å². The van der Waals surface area contributed by atoms with E-state index >= 15 is 4.79 Å². The average molecular weight is 875 g/mol. The minimum Gasteiger partial charge on any atom is -0.512 e. The molecule has 4 aliphatic carbocycles. The number of aliphatic hydroxyl groups excluding tert-OH is 1. The Bertz CT molecular complexity index is 2200. The molecule has 0 aromatic carbocycles. The first kappa shape index (κ1) is 43.6. The molecule has 15 unspecified atom stereocenters. The number of hydrogen-bond donors (Lipinski definition) is 2. The second-order valence-electron chi connectivity index (χ2n) is 18.0. The molecular formula is C42H50O20. The fourth-order valence-electron chi connectivity index (χ4n) is 13.7. The van der Waals surface area contributed by atoms with Gasteiger partial charge in [0.1, 0.15) is 30.2 Å². The summed E-state index contributed by atoms with van der Waals surface area (Å²) in [7, 11) is 1.13. The van der Waals surface area contributed by atoms with E-state index in [1.54, 1.807) is 6.92 Å². The smallest absolute Gasteiger partial charge is 0.338 e. The summed E-state index contributed by atoms with van der Waals surface area (Å²) in [5.74, 6) is -12.8. The molecule has 1 aromatic heterocycles. The lowest BCUT2D eigenvalue weighted by Crippen LogP contribution is -2.99. The monoisotopic (exact) mass is 874 g/mol. The van der Waals surface area contributed by atoms with Crippen molar-refractivity contribution in [3.63, 3.8) is 0 Å². The van der Waals surface area contributed by atoms with Crippen LogP contribution in [-0.2, 0) is 80.9 Å². The predicted octanol–water partition coefficient (Wildman–Crippen LogP) is 2.33. The molecule has 4 bridgehead atoms. The van der Waals surface area contributed by atoms with Gasteiger partial charge < -0.3 is 62.0 Å². The molecule has 62 heavy (non-hydrogen) atoms. The number of carbonyl (C=O) groups is 7. The van der Waals surface area contributed by atoms with Crippen molar-refractivity contribution >= 4 is 41.8 Å². The highest BCUT2D eigenvalue weighted by atomic mass is 16.9. The van der Waals surface area contributed by atoms with Crippen LogP contribution in [0.15, 0.2) is 34.3 Å². The van der Waals surface area contributed by atoms with Crippen molar-refractivity contribution in [2.75, 3.05) is 13.7 Å². The van der Waals surface area contributed by atoms with Gasteiger partial charge in [0.05, 0.1) is 36.0 Å². The van der Waals surface area contributed by atoms with Gasteiger partial charge in [-0.2, -0.15) is 0 Å². The number of esters is 7. The first-order chi connectivity index (χ1) is 28.9. The van der Waals surface area contributed by atoms with E-state index in [1.165, 1.54) is 39.4 Å².